The summed E-state index contributed by atoms with van der Waals surface area (Å²) in [5.74, 6) is -3.39. The predicted octanol–water partition coefficient (Wildman–Crippen LogP) is -5.21. The molecule has 25 heavy (non-hydrogen) atoms. The van der Waals surface area contributed by atoms with E-state index in [9.17, 15) is 40.2 Å². The van der Waals surface area contributed by atoms with Crippen LogP contribution >= 0.6 is 0 Å². The molecule has 0 aromatic rings. The maximum Gasteiger partial charge on any atom is 0.335 e. The number of hydrogen-bond donors (Lipinski definition) is 8. The van der Waals surface area contributed by atoms with E-state index in [1.54, 1.807) is 0 Å². The van der Waals surface area contributed by atoms with Crippen LogP contribution in [0, 0.1) is 0 Å². The minimum Gasteiger partial charge on any atom is -0.479 e. The van der Waals surface area contributed by atoms with Crippen molar-refractivity contribution in [3.05, 3.63) is 0 Å². The summed E-state index contributed by atoms with van der Waals surface area (Å²) in [6, 6.07) is 0. The highest BCUT2D eigenvalue weighted by molar-refractivity contribution is 5.74. The van der Waals surface area contributed by atoms with Crippen LogP contribution in [0.25, 0.3) is 0 Å². The van der Waals surface area contributed by atoms with E-state index in [-0.39, 0.29) is 0 Å². The van der Waals surface area contributed by atoms with Crippen molar-refractivity contribution in [1.82, 2.24) is 0 Å². The third-order valence-corrected chi connectivity index (χ3v) is 3.91. The quantitative estimate of drug-likeness (QED) is 0.232. The maximum absolute atomic E-state index is 11.2. The van der Waals surface area contributed by atoms with Gasteiger partial charge in [0.2, 0.25) is 0 Å². The van der Waals surface area contributed by atoms with Crippen LogP contribution in [-0.4, -0.2) is 114 Å². The summed E-state index contributed by atoms with van der Waals surface area (Å²) in [6.45, 7) is 0. The SMILES string of the molecule is O=C(O)[C@@H]1O[C@@H](O[C@H]2[C@H](O)[C@H](O)[C@H](O)O[C@H]2C(=O)O)[C@@H](O)[C@@H](O)[C@@H]1O. The predicted molar refractivity (Wildman–Crippen MR) is 69.7 cm³/mol. The fraction of sp³-hybridized carbons (Fsp3) is 0.833. The molecule has 0 spiro atoms. The van der Waals surface area contributed by atoms with Crippen molar-refractivity contribution in [1.29, 1.82) is 0 Å². The lowest BCUT2D eigenvalue weighted by atomic mass is 9.96. The summed E-state index contributed by atoms with van der Waals surface area (Å²) >= 11 is 0. The van der Waals surface area contributed by atoms with Crippen LogP contribution in [0.4, 0.5) is 0 Å². The number of aliphatic hydroxyl groups excluding tert-OH is 6. The van der Waals surface area contributed by atoms with Gasteiger partial charge in [-0.2, -0.15) is 0 Å². The second kappa shape index (κ2) is 7.45. The van der Waals surface area contributed by atoms with E-state index < -0.39 is 73.4 Å². The molecular formula is C12H18O13. The Morgan fingerprint density at radius 3 is 1.76 bits per heavy atom. The molecule has 144 valence electrons. The van der Waals surface area contributed by atoms with Crippen molar-refractivity contribution in [2.75, 3.05) is 0 Å². The summed E-state index contributed by atoms with van der Waals surface area (Å²) in [6.07, 6.45) is -19.9. The first-order valence-electron chi connectivity index (χ1n) is 7.06. The lowest BCUT2D eigenvalue weighted by Gasteiger charge is -2.44. The molecule has 2 fully saturated rings. The Kier molecular flexibility index (Phi) is 5.93. The monoisotopic (exact) mass is 370 g/mol. The molecule has 13 heteroatoms. The molecule has 0 bridgehead atoms. The smallest absolute Gasteiger partial charge is 0.335 e. The van der Waals surface area contributed by atoms with Gasteiger partial charge < -0.3 is 55.1 Å². The van der Waals surface area contributed by atoms with Gasteiger partial charge in [0.05, 0.1) is 0 Å². The Morgan fingerprint density at radius 2 is 1.24 bits per heavy atom. The molecule has 0 amide bonds. The van der Waals surface area contributed by atoms with Crippen molar-refractivity contribution >= 4 is 11.9 Å². The maximum atomic E-state index is 11.2. The van der Waals surface area contributed by atoms with E-state index in [4.69, 9.17) is 19.7 Å². The Morgan fingerprint density at radius 1 is 0.680 bits per heavy atom. The van der Waals surface area contributed by atoms with Crippen LogP contribution in [0.1, 0.15) is 0 Å². The Balaban J connectivity index is 2.22. The fourth-order valence-electron chi connectivity index (χ4n) is 2.52. The molecule has 2 saturated heterocycles. The molecule has 10 atom stereocenters. The van der Waals surface area contributed by atoms with E-state index in [2.05, 4.69) is 4.74 Å². The zero-order chi connectivity index (χ0) is 19.0. The normalized spacial score (nSPS) is 48.1. The number of carbonyl (C=O) groups is 2. The summed E-state index contributed by atoms with van der Waals surface area (Å²) in [7, 11) is 0. The summed E-state index contributed by atoms with van der Waals surface area (Å²) in [5.41, 5.74) is 0. The highest BCUT2D eigenvalue weighted by Gasteiger charge is 2.53. The second-order valence-corrected chi connectivity index (χ2v) is 5.60. The van der Waals surface area contributed by atoms with Crippen molar-refractivity contribution in [3.63, 3.8) is 0 Å². The topological polar surface area (TPSA) is 224 Å². The first kappa shape index (κ1) is 19.9. The van der Waals surface area contributed by atoms with E-state index in [0.29, 0.717) is 0 Å². The van der Waals surface area contributed by atoms with Gasteiger partial charge in [0.25, 0.3) is 0 Å². The number of carboxylic acids is 2. The van der Waals surface area contributed by atoms with E-state index in [1.165, 1.54) is 0 Å². The molecule has 2 aliphatic heterocycles. The average molecular weight is 370 g/mol. The zero-order valence-electron chi connectivity index (χ0n) is 12.4. The number of rotatable bonds is 4. The molecule has 0 saturated carbocycles. The van der Waals surface area contributed by atoms with Gasteiger partial charge in [-0.15, -0.1) is 0 Å². The average Bonchev–Trinajstić information content (AvgIpc) is 2.54. The third-order valence-electron chi connectivity index (χ3n) is 3.91. The first-order chi connectivity index (χ1) is 11.6. The van der Waals surface area contributed by atoms with E-state index >= 15 is 0 Å². The molecule has 0 aromatic heterocycles. The van der Waals surface area contributed by atoms with Crippen LogP contribution in [0.2, 0.25) is 0 Å². The number of aliphatic carboxylic acids is 2. The van der Waals surface area contributed by atoms with E-state index in [0.717, 1.165) is 0 Å². The highest BCUT2D eigenvalue weighted by Crippen LogP contribution is 2.28. The van der Waals surface area contributed by atoms with Gasteiger partial charge in [0, 0.05) is 0 Å². The van der Waals surface area contributed by atoms with Gasteiger partial charge in [-0.25, -0.2) is 9.59 Å². The fourth-order valence-corrected chi connectivity index (χ4v) is 2.52. The van der Waals surface area contributed by atoms with E-state index in [1.807, 2.05) is 0 Å². The van der Waals surface area contributed by atoms with Gasteiger partial charge in [-0.05, 0) is 0 Å². The van der Waals surface area contributed by atoms with Crippen molar-refractivity contribution in [2.45, 2.75) is 61.4 Å². The molecular weight excluding hydrogens is 352 g/mol. The van der Waals surface area contributed by atoms with Crippen LogP contribution < -0.4 is 0 Å². The lowest BCUT2D eigenvalue weighted by Crippen LogP contribution is -2.65. The number of aliphatic hydroxyl groups is 6. The Labute approximate surface area is 139 Å². The van der Waals surface area contributed by atoms with Gasteiger partial charge in [0.15, 0.2) is 24.8 Å². The van der Waals surface area contributed by atoms with Gasteiger partial charge >= 0.3 is 11.9 Å². The summed E-state index contributed by atoms with van der Waals surface area (Å²) < 4.78 is 14.4. The largest absolute Gasteiger partial charge is 0.479 e. The van der Waals surface area contributed by atoms with Crippen LogP contribution in [0.5, 0.6) is 0 Å². The molecule has 0 aliphatic carbocycles. The Bertz CT molecular complexity index is 511. The molecule has 2 heterocycles. The molecule has 13 nitrogen and oxygen atoms in total. The van der Waals surface area contributed by atoms with Crippen molar-refractivity contribution in [3.8, 4) is 0 Å². The van der Waals surface area contributed by atoms with Crippen molar-refractivity contribution < 1.29 is 64.7 Å². The lowest BCUT2D eigenvalue weighted by molar-refractivity contribution is -0.346. The van der Waals surface area contributed by atoms with Gasteiger partial charge in [-0.3, -0.25) is 0 Å². The zero-order valence-corrected chi connectivity index (χ0v) is 12.4. The summed E-state index contributed by atoms with van der Waals surface area (Å²) in [5, 5.41) is 75.9. The van der Waals surface area contributed by atoms with Crippen LogP contribution in [0.3, 0.4) is 0 Å². The first-order valence-corrected chi connectivity index (χ1v) is 7.06. The van der Waals surface area contributed by atoms with Crippen LogP contribution in [0.15, 0.2) is 0 Å². The number of hydrogen-bond acceptors (Lipinski definition) is 11. The number of carboxylic acid groups (broad SMARTS) is 2. The highest BCUT2D eigenvalue weighted by atomic mass is 16.7. The standard InChI is InChI=1S/C12H18O13/c13-1-2(14)7(9(18)19)25-12(5(1)17)24-6-3(15)4(16)11(22)23-8(6)10(20)21/h1-8,11-17,22H,(H,18,19)(H,20,21)/t1-,2-,3+,4-,5-,6-,7+,8+,11+,12+/m0/s1. The summed E-state index contributed by atoms with van der Waals surface area (Å²) in [4.78, 5) is 22.2. The number of ether oxygens (including phenoxy) is 3. The molecule has 2 aliphatic rings. The van der Waals surface area contributed by atoms with Gasteiger partial charge in [0.1, 0.15) is 36.6 Å². The van der Waals surface area contributed by atoms with Crippen LogP contribution in [-0.2, 0) is 23.8 Å². The minimum atomic E-state index is -2.03. The molecule has 2 rings (SSSR count). The Hall–Kier alpha value is -1.42. The van der Waals surface area contributed by atoms with Crippen molar-refractivity contribution in [2.24, 2.45) is 0 Å². The third kappa shape index (κ3) is 3.74. The minimum absolute atomic E-state index is 1.70. The molecule has 0 aromatic carbocycles. The van der Waals surface area contributed by atoms with Gasteiger partial charge in [-0.1, -0.05) is 0 Å². The molecule has 0 radical (unpaired) electrons. The molecule has 0 unspecified atom stereocenters. The molecule has 8 N–H and O–H groups in total. The second-order valence-electron chi connectivity index (χ2n) is 5.60.